The number of alkyl carbamates (subject to hydrolysis) is 1. The average Bonchev–Trinajstić information content (AvgIpc) is 2.60. The van der Waals surface area contributed by atoms with Crippen LogP contribution in [0.2, 0.25) is 0 Å². The van der Waals surface area contributed by atoms with Gasteiger partial charge in [-0.05, 0) is 65.5 Å². The van der Waals surface area contributed by atoms with Gasteiger partial charge in [0.05, 0.1) is 24.8 Å². The minimum absolute atomic E-state index is 0.0994. The first-order valence-electron chi connectivity index (χ1n) is 8.45. The maximum Gasteiger partial charge on any atom is 0.407 e. The van der Waals surface area contributed by atoms with Gasteiger partial charge in [-0.3, -0.25) is 4.79 Å². The van der Waals surface area contributed by atoms with Gasteiger partial charge in [-0.15, -0.1) is 0 Å². The number of anilines is 1. The van der Waals surface area contributed by atoms with Crippen LogP contribution in [0.15, 0.2) is 46.9 Å². The highest BCUT2D eigenvalue weighted by Gasteiger charge is 2.19. The lowest BCUT2D eigenvalue weighted by molar-refractivity contribution is -0.116. The molecule has 138 valence electrons. The number of hydrogen-bond donors (Lipinski definition) is 2. The van der Waals surface area contributed by atoms with Gasteiger partial charge in [0, 0.05) is 4.47 Å². The molecule has 2 N–H and O–H groups in total. The fourth-order valence-corrected chi connectivity index (χ4v) is 3.07. The number of hydrogen-bond acceptors (Lipinski definition) is 3. The predicted octanol–water partition coefficient (Wildman–Crippen LogP) is 4.88. The van der Waals surface area contributed by atoms with Crippen molar-refractivity contribution in [3.8, 4) is 0 Å². The van der Waals surface area contributed by atoms with Gasteiger partial charge in [0.25, 0.3) is 0 Å². The van der Waals surface area contributed by atoms with Crippen molar-refractivity contribution < 1.29 is 14.3 Å². The molecule has 0 aliphatic rings. The van der Waals surface area contributed by atoms with E-state index in [0.717, 1.165) is 21.2 Å². The van der Waals surface area contributed by atoms with Gasteiger partial charge < -0.3 is 15.4 Å². The molecule has 26 heavy (non-hydrogen) atoms. The summed E-state index contributed by atoms with van der Waals surface area (Å²) in [6.07, 6.45) is -0.441. The van der Waals surface area contributed by atoms with E-state index in [1.54, 1.807) is 6.92 Å². The minimum atomic E-state index is -0.540. The molecule has 0 radical (unpaired) electrons. The standard InChI is InChI=1S/C20H23BrN2O3/c1-4-26-20(25)23-17(15-8-6-5-7-9-15)12-19(24)22-18-11-14(3)13(2)10-16(18)21/h5-11,17H,4,12H2,1-3H3,(H,22,24)(H,23,25)/t17-/m0/s1. The van der Waals surface area contributed by atoms with Gasteiger partial charge in [0.2, 0.25) is 5.91 Å². The second-order valence-electron chi connectivity index (χ2n) is 6.00. The summed E-state index contributed by atoms with van der Waals surface area (Å²) >= 11 is 3.48. The summed E-state index contributed by atoms with van der Waals surface area (Å²) in [5.41, 5.74) is 3.78. The molecule has 2 rings (SSSR count). The van der Waals surface area contributed by atoms with Crippen LogP contribution in [0.1, 0.15) is 36.1 Å². The highest BCUT2D eigenvalue weighted by molar-refractivity contribution is 9.10. The summed E-state index contributed by atoms with van der Waals surface area (Å²) < 4.78 is 5.78. The number of carbonyl (C=O) groups is 2. The van der Waals surface area contributed by atoms with Crippen LogP contribution in [0.25, 0.3) is 0 Å². The van der Waals surface area contributed by atoms with Gasteiger partial charge >= 0.3 is 6.09 Å². The molecule has 6 heteroatoms. The Morgan fingerprint density at radius 1 is 1.12 bits per heavy atom. The second kappa shape index (κ2) is 9.38. The Hall–Kier alpha value is -2.34. The van der Waals surface area contributed by atoms with Crippen molar-refractivity contribution in [1.29, 1.82) is 0 Å². The number of ether oxygens (including phenoxy) is 1. The van der Waals surface area contributed by atoms with Crippen LogP contribution in [0.3, 0.4) is 0 Å². The molecular weight excluding hydrogens is 396 g/mol. The van der Waals surface area contributed by atoms with E-state index in [4.69, 9.17) is 4.74 Å². The van der Waals surface area contributed by atoms with Crippen LogP contribution in [-0.2, 0) is 9.53 Å². The van der Waals surface area contributed by atoms with E-state index in [1.165, 1.54) is 0 Å². The maximum absolute atomic E-state index is 12.6. The normalized spacial score (nSPS) is 11.5. The summed E-state index contributed by atoms with van der Waals surface area (Å²) in [4.78, 5) is 24.4. The Bertz CT molecular complexity index is 778. The lowest BCUT2D eigenvalue weighted by Gasteiger charge is -2.19. The molecule has 0 saturated carbocycles. The molecule has 0 unspecified atom stereocenters. The average molecular weight is 419 g/mol. The first-order valence-corrected chi connectivity index (χ1v) is 9.24. The van der Waals surface area contributed by atoms with Crippen molar-refractivity contribution in [2.24, 2.45) is 0 Å². The van der Waals surface area contributed by atoms with Crippen LogP contribution in [-0.4, -0.2) is 18.6 Å². The van der Waals surface area contributed by atoms with Gasteiger partial charge in [0.1, 0.15) is 0 Å². The fourth-order valence-electron chi connectivity index (χ4n) is 2.52. The molecule has 0 bridgehead atoms. The number of rotatable bonds is 6. The topological polar surface area (TPSA) is 67.4 Å². The van der Waals surface area contributed by atoms with E-state index < -0.39 is 12.1 Å². The number of carbonyl (C=O) groups excluding carboxylic acids is 2. The molecule has 0 aromatic heterocycles. The number of halogens is 1. The third-order valence-corrected chi connectivity index (χ3v) is 4.67. The SMILES string of the molecule is CCOC(=O)N[C@@H](CC(=O)Nc1cc(C)c(C)cc1Br)c1ccccc1. The zero-order valence-electron chi connectivity index (χ0n) is 15.1. The number of benzene rings is 2. The van der Waals surface area contributed by atoms with E-state index in [9.17, 15) is 9.59 Å². The van der Waals surface area contributed by atoms with Gasteiger partial charge in [-0.25, -0.2) is 4.79 Å². The Morgan fingerprint density at radius 2 is 1.77 bits per heavy atom. The molecule has 0 aliphatic heterocycles. The molecule has 1 atom stereocenters. The number of amides is 2. The van der Waals surface area contributed by atoms with Crippen molar-refractivity contribution in [2.45, 2.75) is 33.2 Å². The summed E-state index contributed by atoms with van der Waals surface area (Å²) in [6.45, 7) is 6.02. The van der Waals surface area contributed by atoms with E-state index >= 15 is 0 Å². The lowest BCUT2D eigenvalue weighted by Crippen LogP contribution is -2.32. The monoisotopic (exact) mass is 418 g/mol. The van der Waals surface area contributed by atoms with Gasteiger partial charge in [0.15, 0.2) is 0 Å². The Labute approximate surface area is 162 Å². The molecule has 5 nitrogen and oxygen atoms in total. The molecule has 0 fully saturated rings. The van der Waals surface area contributed by atoms with Crippen molar-refractivity contribution >= 4 is 33.6 Å². The predicted molar refractivity (Wildman–Crippen MR) is 106 cm³/mol. The fraction of sp³-hybridized carbons (Fsp3) is 0.300. The molecule has 2 amide bonds. The molecule has 0 spiro atoms. The molecule has 0 aliphatic carbocycles. The smallest absolute Gasteiger partial charge is 0.407 e. The third-order valence-electron chi connectivity index (χ3n) is 4.02. The summed E-state index contributed by atoms with van der Waals surface area (Å²) in [5, 5.41) is 5.66. The Morgan fingerprint density at radius 3 is 2.42 bits per heavy atom. The second-order valence-corrected chi connectivity index (χ2v) is 6.85. The van der Waals surface area contributed by atoms with Gasteiger partial charge in [-0.2, -0.15) is 0 Å². The molecular formula is C20H23BrN2O3. The zero-order valence-corrected chi connectivity index (χ0v) is 16.7. The molecule has 0 saturated heterocycles. The highest BCUT2D eigenvalue weighted by atomic mass is 79.9. The maximum atomic E-state index is 12.6. The largest absolute Gasteiger partial charge is 0.450 e. The summed E-state index contributed by atoms with van der Waals surface area (Å²) in [7, 11) is 0. The van der Waals surface area contributed by atoms with Crippen LogP contribution in [0.4, 0.5) is 10.5 Å². The van der Waals surface area contributed by atoms with Crippen molar-refractivity contribution in [2.75, 3.05) is 11.9 Å². The van der Waals surface area contributed by atoms with Crippen LogP contribution < -0.4 is 10.6 Å². The third kappa shape index (κ3) is 5.59. The Kier molecular flexibility index (Phi) is 7.21. The Balaban J connectivity index is 2.13. The first kappa shape index (κ1) is 20.0. The summed E-state index contributed by atoms with van der Waals surface area (Å²) in [5.74, 6) is -0.195. The molecule has 2 aromatic carbocycles. The quantitative estimate of drug-likeness (QED) is 0.701. The van der Waals surface area contributed by atoms with E-state index in [-0.39, 0.29) is 18.9 Å². The zero-order chi connectivity index (χ0) is 19.1. The number of nitrogens with one attached hydrogen (secondary N) is 2. The lowest BCUT2D eigenvalue weighted by atomic mass is 10.0. The van der Waals surface area contributed by atoms with Crippen molar-refractivity contribution in [1.82, 2.24) is 5.32 Å². The van der Waals surface area contributed by atoms with E-state index in [0.29, 0.717) is 5.69 Å². The first-order chi connectivity index (χ1) is 12.4. The van der Waals surface area contributed by atoms with E-state index in [2.05, 4.69) is 26.6 Å². The number of aryl methyl sites for hydroxylation is 2. The van der Waals surface area contributed by atoms with Crippen LogP contribution in [0.5, 0.6) is 0 Å². The molecule has 2 aromatic rings. The van der Waals surface area contributed by atoms with Crippen molar-refractivity contribution in [3.05, 3.63) is 63.6 Å². The van der Waals surface area contributed by atoms with Crippen LogP contribution >= 0.6 is 15.9 Å². The van der Waals surface area contributed by atoms with E-state index in [1.807, 2.05) is 56.3 Å². The minimum Gasteiger partial charge on any atom is -0.450 e. The highest BCUT2D eigenvalue weighted by Crippen LogP contribution is 2.27. The van der Waals surface area contributed by atoms with Gasteiger partial charge in [-0.1, -0.05) is 30.3 Å². The van der Waals surface area contributed by atoms with Crippen molar-refractivity contribution in [3.63, 3.8) is 0 Å². The van der Waals surface area contributed by atoms with Crippen LogP contribution in [0, 0.1) is 13.8 Å². The summed E-state index contributed by atoms with van der Waals surface area (Å²) in [6, 6.07) is 12.8. The molecule has 0 heterocycles.